The van der Waals surface area contributed by atoms with E-state index in [1.54, 1.807) is 11.8 Å². The van der Waals surface area contributed by atoms with Gasteiger partial charge in [0.1, 0.15) is 5.82 Å². The summed E-state index contributed by atoms with van der Waals surface area (Å²) >= 11 is 1.75. The van der Waals surface area contributed by atoms with E-state index in [4.69, 9.17) is 0 Å². The van der Waals surface area contributed by atoms with Crippen molar-refractivity contribution in [2.45, 2.75) is 24.3 Å². The lowest BCUT2D eigenvalue weighted by molar-refractivity contribution is 0.577. The maximum atomic E-state index is 12.9. The Kier molecular flexibility index (Phi) is 6.09. The van der Waals surface area contributed by atoms with Crippen molar-refractivity contribution >= 4 is 11.8 Å². The van der Waals surface area contributed by atoms with Crippen LogP contribution < -0.4 is 5.32 Å². The molecule has 0 amide bonds. The van der Waals surface area contributed by atoms with Gasteiger partial charge in [-0.2, -0.15) is 0 Å². The molecule has 1 nitrogen and oxygen atoms in total. The second-order valence-electron chi connectivity index (χ2n) is 4.68. The van der Waals surface area contributed by atoms with Crippen molar-refractivity contribution in [2.24, 2.45) is 0 Å². The zero-order valence-electron chi connectivity index (χ0n) is 11.7. The van der Waals surface area contributed by atoms with E-state index in [9.17, 15) is 4.39 Å². The molecule has 2 aromatic rings. The molecular weight excluding hydrogens is 269 g/mol. The van der Waals surface area contributed by atoms with E-state index in [0.29, 0.717) is 6.04 Å². The molecule has 2 aromatic carbocycles. The summed E-state index contributed by atoms with van der Waals surface area (Å²) < 4.78 is 12.9. The Morgan fingerprint density at radius 3 is 2.40 bits per heavy atom. The Morgan fingerprint density at radius 1 is 1.05 bits per heavy atom. The predicted octanol–water partition coefficient (Wildman–Crippen LogP) is 4.66. The molecule has 106 valence electrons. The van der Waals surface area contributed by atoms with Crippen LogP contribution in [0.15, 0.2) is 59.5 Å². The summed E-state index contributed by atoms with van der Waals surface area (Å²) in [6, 6.07) is 17.5. The maximum Gasteiger partial charge on any atom is 0.123 e. The highest BCUT2D eigenvalue weighted by molar-refractivity contribution is 7.99. The zero-order valence-corrected chi connectivity index (χ0v) is 12.5. The third kappa shape index (κ3) is 4.66. The number of nitrogens with one attached hydrogen (secondary N) is 1. The quantitative estimate of drug-likeness (QED) is 0.744. The van der Waals surface area contributed by atoms with Crippen LogP contribution in [-0.2, 0) is 0 Å². The van der Waals surface area contributed by atoms with Crippen LogP contribution in [0.1, 0.15) is 24.9 Å². The van der Waals surface area contributed by atoms with Crippen molar-refractivity contribution in [3.63, 3.8) is 0 Å². The van der Waals surface area contributed by atoms with E-state index in [2.05, 4.69) is 36.5 Å². The molecule has 0 saturated carbocycles. The van der Waals surface area contributed by atoms with Crippen molar-refractivity contribution in [3.8, 4) is 0 Å². The molecule has 20 heavy (non-hydrogen) atoms. The Bertz CT molecular complexity index is 498. The highest BCUT2D eigenvalue weighted by Crippen LogP contribution is 2.25. The summed E-state index contributed by atoms with van der Waals surface area (Å²) in [6.45, 7) is 3.17. The van der Waals surface area contributed by atoms with Crippen molar-refractivity contribution in [2.75, 3.05) is 12.3 Å². The Hall–Kier alpha value is -1.32. The van der Waals surface area contributed by atoms with Crippen molar-refractivity contribution < 1.29 is 4.39 Å². The van der Waals surface area contributed by atoms with Gasteiger partial charge in [-0.15, -0.1) is 11.8 Å². The molecule has 0 fully saturated rings. The third-order valence-corrected chi connectivity index (χ3v) is 4.18. The Labute approximate surface area is 124 Å². The van der Waals surface area contributed by atoms with Crippen LogP contribution >= 0.6 is 11.8 Å². The smallest absolute Gasteiger partial charge is 0.123 e. The van der Waals surface area contributed by atoms with Crippen LogP contribution in [0, 0.1) is 5.82 Å². The van der Waals surface area contributed by atoms with Crippen LogP contribution in [0.2, 0.25) is 0 Å². The molecule has 1 atom stereocenters. The standard InChI is InChI=1S/C17H20FNS/c1-2-12-19-17(14-6-4-3-5-7-14)13-20-16-10-8-15(18)9-11-16/h3-11,17,19H,2,12-13H2,1H3. The van der Waals surface area contributed by atoms with Crippen molar-refractivity contribution in [1.29, 1.82) is 0 Å². The first-order valence-electron chi connectivity index (χ1n) is 6.96. The first-order valence-corrected chi connectivity index (χ1v) is 7.95. The SMILES string of the molecule is CCCNC(CSc1ccc(F)cc1)c1ccccc1. The van der Waals surface area contributed by atoms with E-state index in [-0.39, 0.29) is 5.82 Å². The fourth-order valence-electron chi connectivity index (χ4n) is 1.99. The highest BCUT2D eigenvalue weighted by atomic mass is 32.2. The summed E-state index contributed by atoms with van der Waals surface area (Å²) in [6.07, 6.45) is 1.12. The number of hydrogen-bond donors (Lipinski definition) is 1. The molecule has 0 saturated heterocycles. The average Bonchev–Trinajstić information content (AvgIpc) is 2.50. The number of halogens is 1. The Morgan fingerprint density at radius 2 is 1.75 bits per heavy atom. The largest absolute Gasteiger partial charge is 0.309 e. The molecule has 0 heterocycles. The number of hydrogen-bond acceptors (Lipinski definition) is 2. The van der Waals surface area contributed by atoms with Gasteiger partial charge in [-0.3, -0.25) is 0 Å². The lowest BCUT2D eigenvalue weighted by atomic mass is 10.1. The number of benzene rings is 2. The molecule has 0 radical (unpaired) electrons. The fraction of sp³-hybridized carbons (Fsp3) is 0.294. The van der Waals surface area contributed by atoms with Crippen LogP contribution in [0.3, 0.4) is 0 Å². The van der Waals surface area contributed by atoms with Gasteiger partial charge < -0.3 is 5.32 Å². The highest BCUT2D eigenvalue weighted by Gasteiger charge is 2.10. The molecule has 1 unspecified atom stereocenters. The molecule has 3 heteroatoms. The lowest BCUT2D eigenvalue weighted by Crippen LogP contribution is -2.24. The van der Waals surface area contributed by atoms with Gasteiger partial charge in [-0.25, -0.2) is 4.39 Å². The van der Waals surface area contributed by atoms with Gasteiger partial charge in [-0.1, -0.05) is 37.3 Å². The summed E-state index contributed by atoms with van der Waals surface area (Å²) in [5.74, 6) is 0.758. The Balaban J connectivity index is 1.99. The van der Waals surface area contributed by atoms with Gasteiger partial charge in [0.05, 0.1) is 0 Å². The van der Waals surface area contributed by atoms with E-state index < -0.39 is 0 Å². The van der Waals surface area contributed by atoms with E-state index in [1.165, 1.54) is 17.7 Å². The molecule has 0 spiro atoms. The monoisotopic (exact) mass is 289 g/mol. The normalized spacial score (nSPS) is 12.3. The van der Waals surface area contributed by atoms with Gasteiger partial charge in [0, 0.05) is 16.7 Å². The van der Waals surface area contributed by atoms with Crippen molar-refractivity contribution in [3.05, 3.63) is 66.0 Å². The van der Waals surface area contributed by atoms with Crippen LogP contribution in [0.5, 0.6) is 0 Å². The molecular formula is C17H20FNS. The second-order valence-corrected chi connectivity index (χ2v) is 5.78. The summed E-state index contributed by atoms with van der Waals surface area (Å²) in [5, 5.41) is 3.57. The minimum absolute atomic E-state index is 0.182. The van der Waals surface area contributed by atoms with Crippen LogP contribution in [0.4, 0.5) is 4.39 Å². The molecule has 0 aliphatic carbocycles. The molecule has 0 aromatic heterocycles. The van der Waals surface area contributed by atoms with Gasteiger partial charge in [-0.05, 0) is 42.8 Å². The molecule has 0 aliphatic rings. The predicted molar refractivity (Wildman–Crippen MR) is 84.6 cm³/mol. The first-order chi connectivity index (χ1) is 9.79. The van der Waals surface area contributed by atoms with Crippen LogP contribution in [0.25, 0.3) is 0 Å². The number of thioether (sulfide) groups is 1. The molecule has 2 rings (SSSR count). The number of rotatable bonds is 7. The summed E-state index contributed by atoms with van der Waals surface area (Å²) in [7, 11) is 0. The van der Waals surface area contributed by atoms with Gasteiger partial charge in [0.2, 0.25) is 0 Å². The summed E-state index contributed by atoms with van der Waals surface area (Å²) in [5.41, 5.74) is 1.30. The van der Waals surface area contributed by atoms with Gasteiger partial charge >= 0.3 is 0 Å². The minimum Gasteiger partial charge on any atom is -0.309 e. The van der Waals surface area contributed by atoms with Crippen molar-refractivity contribution in [1.82, 2.24) is 5.32 Å². The summed E-state index contributed by atoms with van der Waals surface area (Å²) in [4.78, 5) is 1.10. The van der Waals surface area contributed by atoms with E-state index >= 15 is 0 Å². The third-order valence-electron chi connectivity index (χ3n) is 3.07. The molecule has 0 bridgehead atoms. The zero-order chi connectivity index (χ0) is 14.2. The second kappa shape index (κ2) is 8.08. The lowest BCUT2D eigenvalue weighted by Gasteiger charge is -2.18. The van der Waals surface area contributed by atoms with E-state index in [1.807, 2.05) is 18.2 Å². The van der Waals surface area contributed by atoms with Crippen LogP contribution in [-0.4, -0.2) is 12.3 Å². The van der Waals surface area contributed by atoms with Gasteiger partial charge in [0.15, 0.2) is 0 Å². The topological polar surface area (TPSA) is 12.0 Å². The minimum atomic E-state index is -0.182. The maximum absolute atomic E-state index is 12.9. The molecule has 1 N–H and O–H groups in total. The van der Waals surface area contributed by atoms with Gasteiger partial charge in [0.25, 0.3) is 0 Å². The molecule has 0 aliphatic heterocycles. The fourth-order valence-corrected chi connectivity index (χ4v) is 2.99. The first kappa shape index (κ1) is 15.1. The average molecular weight is 289 g/mol. The van der Waals surface area contributed by atoms with E-state index in [0.717, 1.165) is 23.6 Å².